The Balaban J connectivity index is 0.000000764. The smallest absolute Gasteiger partial charge is 0.0972 e. The van der Waals surface area contributed by atoms with Crippen molar-refractivity contribution in [1.82, 2.24) is 15.5 Å². The summed E-state index contributed by atoms with van der Waals surface area (Å²) in [4.78, 5) is 0. The van der Waals surface area contributed by atoms with Crippen LogP contribution in [0.15, 0.2) is 30.5 Å². The topological polar surface area (TPSA) is 101 Å². The maximum absolute atomic E-state index is 12.2. The zero-order valence-corrected chi connectivity index (χ0v) is 20.8. The largest absolute Gasteiger partial charge is 0.393 e. The van der Waals surface area contributed by atoms with Crippen molar-refractivity contribution >= 4 is 16.5 Å². The molecule has 3 fully saturated rings. The average Bonchev–Trinajstić information content (AvgIpc) is 3.38. The predicted octanol–water partition coefficient (Wildman–Crippen LogP) is 4.03. The summed E-state index contributed by atoms with van der Waals surface area (Å²) in [5.74, 6) is 0.866. The van der Waals surface area contributed by atoms with E-state index in [1.807, 2.05) is 20.3 Å². The van der Waals surface area contributed by atoms with Crippen molar-refractivity contribution in [3.63, 3.8) is 0 Å². The molecule has 0 amide bonds. The number of hydrogen-bond donors (Lipinski definition) is 5. The van der Waals surface area contributed by atoms with Crippen LogP contribution in [-0.2, 0) is 0 Å². The van der Waals surface area contributed by atoms with E-state index in [0.29, 0.717) is 31.1 Å². The Bertz CT molecular complexity index is 1070. The molecule has 0 saturated heterocycles. The van der Waals surface area contributed by atoms with Gasteiger partial charge in [-0.15, -0.1) is 0 Å². The van der Waals surface area contributed by atoms with Crippen molar-refractivity contribution in [1.29, 1.82) is 0 Å². The normalized spacial score (nSPS) is 41.4. The van der Waals surface area contributed by atoms with Gasteiger partial charge in [-0.2, -0.15) is 5.10 Å². The Labute approximate surface area is 202 Å². The summed E-state index contributed by atoms with van der Waals surface area (Å²) in [6.07, 6.45) is 11.1. The minimum absolute atomic E-state index is 0.0243. The van der Waals surface area contributed by atoms with Crippen LogP contribution in [0.4, 0.5) is 0 Å². The van der Waals surface area contributed by atoms with Crippen molar-refractivity contribution < 1.29 is 15.3 Å². The molecule has 4 aliphatic rings. The number of nitrogens with one attached hydrogen (secondary N) is 2. The third-order valence-electron chi connectivity index (χ3n) is 9.74. The summed E-state index contributed by atoms with van der Waals surface area (Å²) < 4.78 is 0. The van der Waals surface area contributed by atoms with Crippen molar-refractivity contribution in [3.8, 4) is 0 Å². The van der Waals surface area contributed by atoms with E-state index in [4.69, 9.17) is 0 Å². The molecule has 4 aliphatic carbocycles. The van der Waals surface area contributed by atoms with E-state index in [1.54, 1.807) is 0 Å². The molecule has 0 radical (unpaired) electrons. The van der Waals surface area contributed by atoms with Crippen LogP contribution in [0, 0.1) is 23.2 Å². The minimum atomic E-state index is -1.07. The van der Waals surface area contributed by atoms with E-state index >= 15 is 0 Å². The van der Waals surface area contributed by atoms with E-state index in [9.17, 15) is 15.3 Å². The van der Waals surface area contributed by atoms with Gasteiger partial charge in [-0.25, -0.2) is 0 Å². The number of rotatable bonds is 1. The number of aromatic amines is 1. The second kappa shape index (κ2) is 8.74. The van der Waals surface area contributed by atoms with Crippen LogP contribution in [0.5, 0.6) is 0 Å². The van der Waals surface area contributed by atoms with Crippen LogP contribution in [0.1, 0.15) is 70.3 Å². The molecule has 6 heteroatoms. The first-order valence-electron chi connectivity index (χ1n) is 13.1. The monoisotopic (exact) mass is 467 g/mol. The number of aliphatic hydroxyl groups is 3. The van der Waals surface area contributed by atoms with Gasteiger partial charge in [0.25, 0.3) is 0 Å². The molecule has 7 atom stereocenters. The zero-order valence-electron chi connectivity index (χ0n) is 20.8. The number of aliphatic hydroxyl groups excluding tert-OH is 1. The molecule has 6 rings (SSSR count). The predicted molar refractivity (Wildman–Crippen MR) is 135 cm³/mol. The molecular formula is C28H41N3O3. The second-order valence-electron chi connectivity index (χ2n) is 11.7. The number of aromatic nitrogens is 2. The second-order valence-corrected chi connectivity index (χ2v) is 11.7. The number of nitrogens with zero attached hydrogens (tertiary/aromatic N) is 1. The van der Waals surface area contributed by atoms with Gasteiger partial charge in [-0.05, 0) is 106 Å². The van der Waals surface area contributed by atoms with Gasteiger partial charge in [0.05, 0.1) is 29.0 Å². The Morgan fingerprint density at radius 2 is 1.85 bits per heavy atom. The lowest BCUT2D eigenvalue weighted by molar-refractivity contribution is -0.228. The fourth-order valence-electron chi connectivity index (χ4n) is 7.96. The van der Waals surface area contributed by atoms with Gasteiger partial charge in [0, 0.05) is 11.3 Å². The fraction of sp³-hybridized carbons (Fsp3) is 0.679. The van der Waals surface area contributed by atoms with Crippen molar-refractivity contribution in [2.24, 2.45) is 23.2 Å². The summed E-state index contributed by atoms with van der Waals surface area (Å²) in [7, 11) is 3.75. The summed E-state index contributed by atoms with van der Waals surface area (Å²) >= 11 is 0. The van der Waals surface area contributed by atoms with Gasteiger partial charge in [-0.1, -0.05) is 25.1 Å². The number of benzene rings is 1. The van der Waals surface area contributed by atoms with E-state index in [0.717, 1.165) is 49.4 Å². The molecule has 0 aliphatic heterocycles. The molecule has 2 aromatic rings. The molecule has 0 spiro atoms. The Kier molecular flexibility index (Phi) is 6.16. The van der Waals surface area contributed by atoms with E-state index < -0.39 is 11.2 Å². The number of fused-ring (bicyclic) bond motifs is 5. The summed E-state index contributed by atoms with van der Waals surface area (Å²) in [6.45, 7) is 2.30. The number of H-pyrrole nitrogens is 1. The van der Waals surface area contributed by atoms with Crippen LogP contribution in [0.3, 0.4) is 0 Å². The molecule has 186 valence electrons. The van der Waals surface area contributed by atoms with Gasteiger partial charge in [0.2, 0.25) is 0 Å². The third kappa shape index (κ3) is 3.65. The first-order chi connectivity index (χ1) is 16.2. The molecule has 1 heterocycles. The molecule has 1 aromatic heterocycles. The number of allylic oxidation sites excluding steroid dienone is 2. The van der Waals surface area contributed by atoms with Gasteiger partial charge >= 0.3 is 0 Å². The average molecular weight is 468 g/mol. The Morgan fingerprint density at radius 3 is 2.65 bits per heavy atom. The lowest BCUT2D eigenvalue weighted by Crippen LogP contribution is -2.64. The van der Waals surface area contributed by atoms with Crippen LogP contribution in [-0.4, -0.2) is 56.9 Å². The highest BCUT2D eigenvalue weighted by Crippen LogP contribution is 2.65. The Morgan fingerprint density at radius 1 is 1.06 bits per heavy atom. The van der Waals surface area contributed by atoms with Crippen LogP contribution in [0.2, 0.25) is 0 Å². The molecule has 3 saturated carbocycles. The maximum atomic E-state index is 12.2. The van der Waals surface area contributed by atoms with Crippen LogP contribution in [0.25, 0.3) is 16.5 Å². The van der Waals surface area contributed by atoms with Crippen LogP contribution < -0.4 is 5.32 Å². The zero-order chi connectivity index (χ0) is 24.1. The van der Waals surface area contributed by atoms with E-state index in [1.165, 1.54) is 11.1 Å². The van der Waals surface area contributed by atoms with Crippen molar-refractivity contribution in [2.45, 2.75) is 82.0 Å². The summed E-state index contributed by atoms with van der Waals surface area (Å²) in [6, 6.07) is 6.46. The lowest BCUT2D eigenvalue weighted by Gasteiger charge is -2.57. The molecule has 34 heavy (non-hydrogen) atoms. The van der Waals surface area contributed by atoms with Gasteiger partial charge in [0.1, 0.15) is 0 Å². The van der Waals surface area contributed by atoms with Crippen LogP contribution >= 0.6 is 0 Å². The van der Waals surface area contributed by atoms with E-state index in [-0.39, 0.29) is 17.4 Å². The third-order valence-corrected chi connectivity index (χ3v) is 9.74. The van der Waals surface area contributed by atoms with Gasteiger partial charge in [0.15, 0.2) is 0 Å². The van der Waals surface area contributed by atoms with Crippen molar-refractivity contribution in [2.75, 3.05) is 14.1 Å². The Hall–Kier alpha value is -1.73. The highest BCUT2D eigenvalue weighted by Gasteiger charge is 2.65. The quantitative estimate of drug-likeness (QED) is 0.436. The highest BCUT2D eigenvalue weighted by atomic mass is 16.4. The summed E-state index contributed by atoms with van der Waals surface area (Å²) in [5.41, 5.74) is 1.27. The van der Waals surface area contributed by atoms with Gasteiger partial charge < -0.3 is 20.6 Å². The van der Waals surface area contributed by atoms with E-state index in [2.05, 4.69) is 46.7 Å². The molecule has 0 bridgehead atoms. The first kappa shape index (κ1) is 24.0. The lowest BCUT2D eigenvalue weighted by atomic mass is 9.52. The molecule has 6 nitrogen and oxygen atoms in total. The fourth-order valence-corrected chi connectivity index (χ4v) is 7.96. The minimum Gasteiger partial charge on any atom is -0.393 e. The molecular weight excluding hydrogens is 426 g/mol. The number of hydrogen-bond acceptors (Lipinski definition) is 5. The molecule has 1 aromatic carbocycles. The van der Waals surface area contributed by atoms with Gasteiger partial charge in [-0.3, -0.25) is 5.10 Å². The SMILES string of the molecule is CC12CCC3(O)CC4CC(O)CCC4CC[C@]3(O)C1CC=C2c1ccc2cn[nH]c2c1.CNC. The highest BCUT2D eigenvalue weighted by molar-refractivity contribution is 5.84. The summed E-state index contributed by atoms with van der Waals surface area (Å²) in [5, 5.41) is 45.5. The standard InChI is InChI=1S/C26H34N2O3.C2H7N/c1-24-10-11-25(30)14-19-12-20(29)5-4-16(19)8-9-26(25,31)23(24)7-6-21(24)17-2-3-18-15-27-28-22(18)13-17;1-3-2/h2-3,6,13,15-16,19-20,23,29-31H,4-5,7-12,14H2,1H3,(H,27,28);3H,1-2H3/t16?,19?,20?,23?,24?,25?,26-;/m0./s1. The maximum Gasteiger partial charge on any atom is 0.0972 e. The molecule has 6 unspecified atom stereocenters. The first-order valence-corrected chi connectivity index (χ1v) is 13.1. The van der Waals surface area contributed by atoms with Crippen molar-refractivity contribution in [3.05, 3.63) is 36.0 Å². The molecule has 5 N–H and O–H groups in total.